The minimum atomic E-state index is -0.224. The number of likely N-dealkylation sites (tertiary alicyclic amines) is 1. The maximum absolute atomic E-state index is 11.8. The van der Waals surface area contributed by atoms with E-state index < -0.39 is 0 Å². The molecule has 1 rings (SSSR count). The fourth-order valence-electron chi connectivity index (χ4n) is 2.07. The van der Waals surface area contributed by atoms with Crippen molar-refractivity contribution in [1.82, 2.24) is 4.90 Å². The first-order valence-electron chi connectivity index (χ1n) is 6.34. The van der Waals surface area contributed by atoms with Gasteiger partial charge < -0.3 is 9.64 Å². The molecular weight excluding hydrogens is 202 g/mol. The van der Waals surface area contributed by atoms with Gasteiger partial charge in [-0.1, -0.05) is 13.3 Å². The van der Waals surface area contributed by atoms with Crippen LogP contribution in [0.2, 0.25) is 0 Å². The molecule has 3 nitrogen and oxygen atoms in total. The smallest absolute Gasteiger partial charge is 0.248 e. The van der Waals surface area contributed by atoms with Gasteiger partial charge in [-0.15, -0.1) is 0 Å². The molecule has 1 unspecified atom stereocenters. The molecule has 0 aliphatic carbocycles. The Kier molecular flexibility index (Phi) is 4.78. The molecule has 1 aliphatic heterocycles. The van der Waals surface area contributed by atoms with Crippen molar-refractivity contribution in [2.45, 2.75) is 52.6 Å². The van der Waals surface area contributed by atoms with Crippen molar-refractivity contribution in [2.24, 2.45) is 5.92 Å². The van der Waals surface area contributed by atoms with E-state index in [1.165, 1.54) is 12.8 Å². The summed E-state index contributed by atoms with van der Waals surface area (Å²) in [6.07, 6.45) is 3.62. The van der Waals surface area contributed by atoms with E-state index in [-0.39, 0.29) is 18.1 Å². The Morgan fingerprint density at radius 2 is 2.12 bits per heavy atom. The second-order valence-corrected chi connectivity index (χ2v) is 5.68. The van der Waals surface area contributed by atoms with Crippen molar-refractivity contribution in [2.75, 3.05) is 19.7 Å². The van der Waals surface area contributed by atoms with Gasteiger partial charge in [-0.25, -0.2) is 0 Å². The number of hydrogen-bond acceptors (Lipinski definition) is 2. The normalized spacial score (nSPS) is 21.5. The molecule has 1 saturated heterocycles. The van der Waals surface area contributed by atoms with Crippen molar-refractivity contribution in [3.8, 4) is 0 Å². The Morgan fingerprint density at radius 1 is 1.44 bits per heavy atom. The molecule has 3 heteroatoms. The first-order chi connectivity index (χ1) is 7.42. The van der Waals surface area contributed by atoms with Crippen LogP contribution in [0.3, 0.4) is 0 Å². The third-order valence-electron chi connectivity index (χ3n) is 2.96. The SMILES string of the molecule is CCCC1CCN(C(=O)COC(C)(C)C)C1. The molecule has 0 N–H and O–H groups in total. The zero-order valence-electron chi connectivity index (χ0n) is 11.1. The molecule has 0 radical (unpaired) electrons. The largest absolute Gasteiger partial charge is 0.366 e. The first kappa shape index (κ1) is 13.5. The van der Waals surface area contributed by atoms with Gasteiger partial charge in [0, 0.05) is 13.1 Å². The van der Waals surface area contributed by atoms with Gasteiger partial charge in [-0.2, -0.15) is 0 Å². The number of ether oxygens (including phenoxy) is 1. The summed E-state index contributed by atoms with van der Waals surface area (Å²) in [4.78, 5) is 13.8. The molecule has 16 heavy (non-hydrogen) atoms. The van der Waals surface area contributed by atoms with Gasteiger partial charge in [-0.3, -0.25) is 4.79 Å². The van der Waals surface area contributed by atoms with E-state index in [1.807, 2.05) is 25.7 Å². The summed E-state index contributed by atoms with van der Waals surface area (Å²) in [6.45, 7) is 10.2. The van der Waals surface area contributed by atoms with E-state index in [0.717, 1.165) is 19.5 Å². The second-order valence-electron chi connectivity index (χ2n) is 5.68. The van der Waals surface area contributed by atoms with Crippen LogP contribution in [0.1, 0.15) is 47.0 Å². The van der Waals surface area contributed by atoms with Crippen LogP contribution in [0.15, 0.2) is 0 Å². The lowest BCUT2D eigenvalue weighted by atomic mass is 10.0. The molecule has 0 aromatic heterocycles. The fourth-order valence-corrected chi connectivity index (χ4v) is 2.07. The Hall–Kier alpha value is -0.570. The van der Waals surface area contributed by atoms with Gasteiger partial charge >= 0.3 is 0 Å². The summed E-state index contributed by atoms with van der Waals surface area (Å²) >= 11 is 0. The van der Waals surface area contributed by atoms with E-state index in [0.29, 0.717) is 5.92 Å². The van der Waals surface area contributed by atoms with Crippen molar-refractivity contribution < 1.29 is 9.53 Å². The molecule has 1 atom stereocenters. The zero-order valence-corrected chi connectivity index (χ0v) is 11.1. The molecule has 94 valence electrons. The highest BCUT2D eigenvalue weighted by Gasteiger charge is 2.26. The number of carbonyl (C=O) groups is 1. The van der Waals surface area contributed by atoms with E-state index in [1.54, 1.807) is 0 Å². The van der Waals surface area contributed by atoms with Gasteiger partial charge in [0.15, 0.2) is 0 Å². The Labute approximate surface area is 99.1 Å². The van der Waals surface area contributed by atoms with Crippen LogP contribution in [0, 0.1) is 5.92 Å². The monoisotopic (exact) mass is 227 g/mol. The maximum atomic E-state index is 11.8. The molecule has 1 amide bonds. The summed E-state index contributed by atoms with van der Waals surface area (Å²) in [5.74, 6) is 0.858. The number of hydrogen-bond donors (Lipinski definition) is 0. The average molecular weight is 227 g/mol. The Morgan fingerprint density at radius 3 is 2.69 bits per heavy atom. The predicted octanol–water partition coefficient (Wildman–Crippen LogP) is 2.45. The van der Waals surface area contributed by atoms with Crippen molar-refractivity contribution >= 4 is 5.91 Å². The molecule has 0 bridgehead atoms. The van der Waals surface area contributed by atoms with Crippen molar-refractivity contribution in [1.29, 1.82) is 0 Å². The van der Waals surface area contributed by atoms with Crippen LogP contribution in [0.4, 0.5) is 0 Å². The molecule has 0 aromatic carbocycles. The summed E-state index contributed by atoms with van der Waals surface area (Å²) in [7, 11) is 0. The number of amides is 1. The maximum Gasteiger partial charge on any atom is 0.248 e. The molecular formula is C13H25NO2. The average Bonchev–Trinajstić information content (AvgIpc) is 2.62. The third-order valence-corrected chi connectivity index (χ3v) is 2.96. The molecule has 0 aromatic rings. The van der Waals surface area contributed by atoms with Crippen LogP contribution in [0.5, 0.6) is 0 Å². The fraction of sp³-hybridized carbons (Fsp3) is 0.923. The zero-order chi connectivity index (χ0) is 12.2. The van der Waals surface area contributed by atoms with Crippen molar-refractivity contribution in [3.05, 3.63) is 0 Å². The van der Waals surface area contributed by atoms with E-state index >= 15 is 0 Å². The summed E-state index contributed by atoms with van der Waals surface area (Å²) < 4.78 is 5.51. The number of carbonyl (C=O) groups excluding carboxylic acids is 1. The van der Waals surface area contributed by atoms with E-state index in [2.05, 4.69) is 6.92 Å². The van der Waals surface area contributed by atoms with E-state index in [4.69, 9.17) is 4.74 Å². The number of rotatable bonds is 4. The molecule has 1 aliphatic rings. The van der Waals surface area contributed by atoms with Crippen LogP contribution >= 0.6 is 0 Å². The van der Waals surface area contributed by atoms with Gasteiger partial charge in [0.2, 0.25) is 5.91 Å². The van der Waals surface area contributed by atoms with Crippen LogP contribution in [-0.2, 0) is 9.53 Å². The third kappa shape index (κ3) is 4.52. The minimum absolute atomic E-state index is 0.147. The Bertz CT molecular complexity index is 233. The summed E-state index contributed by atoms with van der Waals surface area (Å²) in [5.41, 5.74) is -0.224. The molecule has 1 fully saturated rings. The second kappa shape index (κ2) is 5.67. The molecule has 1 heterocycles. The summed E-state index contributed by atoms with van der Waals surface area (Å²) in [6, 6.07) is 0. The van der Waals surface area contributed by atoms with Crippen LogP contribution in [0.25, 0.3) is 0 Å². The summed E-state index contributed by atoms with van der Waals surface area (Å²) in [5, 5.41) is 0. The number of nitrogens with zero attached hydrogens (tertiary/aromatic N) is 1. The van der Waals surface area contributed by atoms with Crippen LogP contribution in [-0.4, -0.2) is 36.1 Å². The highest BCUT2D eigenvalue weighted by Crippen LogP contribution is 2.21. The standard InChI is InChI=1S/C13H25NO2/c1-5-6-11-7-8-14(9-11)12(15)10-16-13(2,3)4/h11H,5-10H2,1-4H3. The van der Waals surface area contributed by atoms with Gasteiger partial charge in [0.05, 0.1) is 5.60 Å². The van der Waals surface area contributed by atoms with Gasteiger partial charge in [-0.05, 0) is 39.5 Å². The van der Waals surface area contributed by atoms with Crippen molar-refractivity contribution in [3.63, 3.8) is 0 Å². The molecule has 0 spiro atoms. The topological polar surface area (TPSA) is 29.5 Å². The highest BCUT2D eigenvalue weighted by atomic mass is 16.5. The quantitative estimate of drug-likeness (QED) is 0.738. The lowest BCUT2D eigenvalue weighted by Crippen LogP contribution is -2.35. The van der Waals surface area contributed by atoms with Crippen LogP contribution < -0.4 is 0 Å². The first-order valence-corrected chi connectivity index (χ1v) is 6.34. The molecule has 0 saturated carbocycles. The highest BCUT2D eigenvalue weighted by molar-refractivity contribution is 5.77. The van der Waals surface area contributed by atoms with Gasteiger partial charge in [0.1, 0.15) is 6.61 Å². The lowest BCUT2D eigenvalue weighted by Gasteiger charge is -2.22. The Balaban J connectivity index is 2.28. The predicted molar refractivity (Wildman–Crippen MR) is 65.3 cm³/mol. The van der Waals surface area contributed by atoms with Gasteiger partial charge in [0.25, 0.3) is 0 Å². The minimum Gasteiger partial charge on any atom is -0.366 e. The lowest BCUT2D eigenvalue weighted by molar-refractivity contribution is -0.140. The van der Waals surface area contributed by atoms with E-state index in [9.17, 15) is 4.79 Å².